The van der Waals surface area contributed by atoms with Gasteiger partial charge in [-0.1, -0.05) is 13.8 Å². The van der Waals surface area contributed by atoms with Gasteiger partial charge in [0.2, 0.25) is 0 Å². The van der Waals surface area contributed by atoms with Crippen molar-refractivity contribution in [2.24, 2.45) is 17.8 Å². The first kappa shape index (κ1) is 11.5. The maximum absolute atomic E-state index is 11.6. The lowest BCUT2D eigenvalue weighted by Gasteiger charge is -2.23. The number of hydrogen-bond acceptors (Lipinski definition) is 3. The second-order valence-corrected chi connectivity index (χ2v) is 4.33. The Kier molecular flexibility index (Phi) is 3.93. The summed E-state index contributed by atoms with van der Waals surface area (Å²) in [6, 6.07) is 0. The van der Waals surface area contributed by atoms with E-state index >= 15 is 0 Å². The van der Waals surface area contributed by atoms with Crippen LogP contribution in [0.25, 0.3) is 0 Å². The summed E-state index contributed by atoms with van der Waals surface area (Å²) in [5, 5.41) is 9.70. The van der Waals surface area contributed by atoms with Crippen LogP contribution in [-0.2, 0) is 9.53 Å². The van der Waals surface area contributed by atoms with Crippen molar-refractivity contribution in [1.29, 1.82) is 0 Å². The molecule has 0 aromatic rings. The minimum absolute atomic E-state index is 0.226. The first-order valence-electron chi connectivity index (χ1n) is 5.42. The molecule has 0 aromatic carbocycles. The molecule has 1 fully saturated rings. The van der Waals surface area contributed by atoms with Crippen LogP contribution in [0.3, 0.4) is 0 Å². The molecule has 0 aliphatic heterocycles. The summed E-state index contributed by atoms with van der Waals surface area (Å²) in [5.41, 5.74) is 0. The standard InChI is InChI=1S/C11H20O3/c1-4-14-11(13)10-8(7(2)3)5-6-9(10)12/h7-10,12H,4-6H2,1-3H3/t8-,9-,10+/m0/s1. The van der Waals surface area contributed by atoms with Gasteiger partial charge in [0, 0.05) is 0 Å². The van der Waals surface area contributed by atoms with Gasteiger partial charge in [0.25, 0.3) is 0 Å². The Bertz CT molecular complexity index is 201. The van der Waals surface area contributed by atoms with Crippen molar-refractivity contribution < 1.29 is 14.6 Å². The van der Waals surface area contributed by atoms with Crippen LogP contribution in [0.4, 0.5) is 0 Å². The largest absolute Gasteiger partial charge is 0.466 e. The molecule has 0 heterocycles. The van der Waals surface area contributed by atoms with Crippen LogP contribution < -0.4 is 0 Å². The van der Waals surface area contributed by atoms with Crippen LogP contribution >= 0.6 is 0 Å². The summed E-state index contributed by atoms with van der Waals surface area (Å²) >= 11 is 0. The lowest BCUT2D eigenvalue weighted by Crippen LogP contribution is -2.32. The summed E-state index contributed by atoms with van der Waals surface area (Å²) in [7, 11) is 0. The first-order chi connectivity index (χ1) is 6.57. The molecule has 14 heavy (non-hydrogen) atoms. The van der Waals surface area contributed by atoms with Gasteiger partial charge in [0.05, 0.1) is 18.6 Å². The molecule has 3 nitrogen and oxygen atoms in total. The number of ether oxygens (including phenoxy) is 1. The van der Waals surface area contributed by atoms with Crippen LogP contribution in [0.1, 0.15) is 33.6 Å². The third-order valence-electron chi connectivity index (χ3n) is 3.09. The minimum atomic E-state index is -0.499. The molecule has 0 amide bonds. The zero-order valence-corrected chi connectivity index (χ0v) is 9.19. The molecule has 0 radical (unpaired) electrons. The fourth-order valence-corrected chi connectivity index (χ4v) is 2.33. The van der Waals surface area contributed by atoms with Crippen LogP contribution in [0, 0.1) is 17.8 Å². The number of carbonyl (C=O) groups is 1. The average Bonchev–Trinajstić information content (AvgIpc) is 2.47. The molecule has 1 saturated carbocycles. The Hall–Kier alpha value is -0.570. The van der Waals surface area contributed by atoms with Gasteiger partial charge in [0.1, 0.15) is 0 Å². The van der Waals surface area contributed by atoms with E-state index in [0.29, 0.717) is 12.5 Å². The van der Waals surface area contributed by atoms with Gasteiger partial charge in [-0.15, -0.1) is 0 Å². The highest BCUT2D eigenvalue weighted by Gasteiger charge is 2.42. The third kappa shape index (κ3) is 2.27. The number of carbonyl (C=O) groups excluding carboxylic acids is 1. The monoisotopic (exact) mass is 200 g/mol. The van der Waals surface area contributed by atoms with E-state index in [1.165, 1.54) is 0 Å². The van der Waals surface area contributed by atoms with Crippen molar-refractivity contribution in [1.82, 2.24) is 0 Å². The van der Waals surface area contributed by atoms with Gasteiger partial charge in [-0.05, 0) is 31.6 Å². The van der Waals surface area contributed by atoms with Gasteiger partial charge in [-0.2, -0.15) is 0 Å². The molecule has 0 spiro atoms. The number of hydrogen-bond donors (Lipinski definition) is 1. The Balaban J connectivity index is 2.66. The molecule has 1 aliphatic carbocycles. The first-order valence-corrected chi connectivity index (χ1v) is 5.42. The van der Waals surface area contributed by atoms with Crippen LogP contribution in [0.5, 0.6) is 0 Å². The van der Waals surface area contributed by atoms with Crippen LogP contribution in [-0.4, -0.2) is 23.8 Å². The number of rotatable bonds is 3. The summed E-state index contributed by atoms with van der Waals surface area (Å²) in [5.74, 6) is 0.191. The molecule has 0 unspecified atom stereocenters. The normalized spacial score (nSPS) is 32.2. The topological polar surface area (TPSA) is 46.5 Å². The van der Waals surface area contributed by atoms with E-state index in [-0.39, 0.29) is 17.8 Å². The summed E-state index contributed by atoms with van der Waals surface area (Å²) < 4.78 is 4.98. The lowest BCUT2D eigenvalue weighted by atomic mass is 9.85. The van der Waals surface area contributed by atoms with E-state index in [9.17, 15) is 9.90 Å². The fraction of sp³-hybridized carbons (Fsp3) is 0.909. The summed E-state index contributed by atoms with van der Waals surface area (Å²) in [6.45, 7) is 6.38. The summed E-state index contributed by atoms with van der Waals surface area (Å²) in [6.07, 6.45) is 1.16. The Morgan fingerprint density at radius 1 is 1.50 bits per heavy atom. The molecule has 1 N–H and O–H groups in total. The molecule has 0 bridgehead atoms. The van der Waals surface area contributed by atoms with E-state index in [4.69, 9.17) is 4.74 Å². The Morgan fingerprint density at radius 3 is 2.64 bits per heavy atom. The summed E-state index contributed by atoms with van der Waals surface area (Å²) in [4.78, 5) is 11.6. The van der Waals surface area contributed by atoms with Gasteiger partial charge >= 0.3 is 5.97 Å². The smallest absolute Gasteiger partial charge is 0.311 e. The molecule has 0 aromatic heterocycles. The second-order valence-electron chi connectivity index (χ2n) is 4.33. The van der Waals surface area contributed by atoms with E-state index < -0.39 is 6.10 Å². The molecule has 1 aliphatic rings. The fourth-order valence-electron chi connectivity index (χ4n) is 2.33. The van der Waals surface area contributed by atoms with Gasteiger partial charge in [-0.3, -0.25) is 4.79 Å². The molecular formula is C11H20O3. The highest BCUT2D eigenvalue weighted by molar-refractivity contribution is 5.74. The van der Waals surface area contributed by atoms with E-state index in [1.807, 2.05) is 0 Å². The van der Waals surface area contributed by atoms with E-state index in [1.54, 1.807) is 6.92 Å². The quantitative estimate of drug-likeness (QED) is 0.704. The minimum Gasteiger partial charge on any atom is -0.466 e. The maximum Gasteiger partial charge on any atom is 0.311 e. The van der Waals surface area contributed by atoms with Crippen molar-refractivity contribution in [2.45, 2.75) is 39.7 Å². The van der Waals surface area contributed by atoms with Gasteiger partial charge < -0.3 is 9.84 Å². The van der Waals surface area contributed by atoms with Crippen molar-refractivity contribution in [2.75, 3.05) is 6.61 Å². The molecule has 3 heteroatoms. The molecular weight excluding hydrogens is 180 g/mol. The zero-order valence-electron chi connectivity index (χ0n) is 9.19. The zero-order chi connectivity index (χ0) is 10.7. The Labute approximate surface area is 85.5 Å². The highest BCUT2D eigenvalue weighted by Crippen LogP contribution is 2.37. The predicted octanol–water partition coefficient (Wildman–Crippen LogP) is 1.59. The van der Waals surface area contributed by atoms with E-state index in [0.717, 1.165) is 12.8 Å². The number of aliphatic hydroxyl groups is 1. The molecule has 1 rings (SSSR count). The van der Waals surface area contributed by atoms with Gasteiger partial charge in [-0.25, -0.2) is 0 Å². The predicted molar refractivity (Wildman–Crippen MR) is 53.7 cm³/mol. The van der Waals surface area contributed by atoms with Crippen molar-refractivity contribution in [3.63, 3.8) is 0 Å². The number of esters is 1. The molecule has 82 valence electrons. The van der Waals surface area contributed by atoms with Crippen molar-refractivity contribution in [3.05, 3.63) is 0 Å². The SMILES string of the molecule is CCOC(=O)[C@H]1[C@@H](O)CC[C@H]1C(C)C. The molecule has 3 atom stereocenters. The second kappa shape index (κ2) is 4.78. The Morgan fingerprint density at radius 2 is 2.14 bits per heavy atom. The van der Waals surface area contributed by atoms with Gasteiger partial charge in [0.15, 0.2) is 0 Å². The van der Waals surface area contributed by atoms with E-state index in [2.05, 4.69) is 13.8 Å². The maximum atomic E-state index is 11.6. The third-order valence-corrected chi connectivity index (χ3v) is 3.09. The van der Waals surface area contributed by atoms with Crippen molar-refractivity contribution in [3.8, 4) is 0 Å². The average molecular weight is 200 g/mol. The number of aliphatic hydroxyl groups excluding tert-OH is 1. The van der Waals surface area contributed by atoms with Crippen molar-refractivity contribution >= 4 is 5.97 Å². The van der Waals surface area contributed by atoms with Crippen LogP contribution in [0.15, 0.2) is 0 Å². The van der Waals surface area contributed by atoms with Crippen LogP contribution in [0.2, 0.25) is 0 Å². The lowest BCUT2D eigenvalue weighted by molar-refractivity contribution is -0.153. The molecule has 0 saturated heterocycles. The highest BCUT2D eigenvalue weighted by atomic mass is 16.5.